The highest BCUT2D eigenvalue weighted by Gasteiger charge is 2.27. The van der Waals surface area contributed by atoms with E-state index in [1.807, 2.05) is 0 Å². The SMILES string of the molecule is CCCCNC(=O)C1CCC(C(C)C)CC1. The highest BCUT2D eigenvalue weighted by molar-refractivity contribution is 5.78. The summed E-state index contributed by atoms with van der Waals surface area (Å²) in [4.78, 5) is 11.8. The van der Waals surface area contributed by atoms with Gasteiger partial charge in [-0.3, -0.25) is 4.79 Å². The number of hydrogen-bond donors (Lipinski definition) is 1. The van der Waals surface area contributed by atoms with E-state index >= 15 is 0 Å². The minimum Gasteiger partial charge on any atom is -0.356 e. The lowest BCUT2D eigenvalue weighted by Crippen LogP contribution is -2.34. The average Bonchev–Trinajstić information content (AvgIpc) is 2.29. The summed E-state index contributed by atoms with van der Waals surface area (Å²) in [5, 5.41) is 3.06. The Kier molecular flexibility index (Phi) is 5.86. The molecule has 0 aromatic heterocycles. The van der Waals surface area contributed by atoms with Crippen molar-refractivity contribution in [2.24, 2.45) is 17.8 Å². The van der Waals surface area contributed by atoms with Crippen LogP contribution in [0.2, 0.25) is 0 Å². The van der Waals surface area contributed by atoms with Gasteiger partial charge in [0.2, 0.25) is 5.91 Å². The fourth-order valence-electron chi connectivity index (χ4n) is 2.58. The molecular weight excluding hydrogens is 198 g/mol. The largest absolute Gasteiger partial charge is 0.356 e. The first-order valence-electron chi connectivity index (χ1n) is 6.92. The summed E-state index contributed by atoms with van der Waals surface area (Å²) in [7, 11) is 0. The highest BCUT2D eigenvalue weighted by Crippen LogP contribution is 2.33. The molecule has 1 N–H and O–H groups in total. The molecular formula is C14H27NO. The van der Waals surface area contributed by atoms with Crippen LogP contribution >= 0.6 is 0 Å². The van der Waals surface area contributed by atoms with Gasteiger partial charge in [-0.05, 0) is 43.9 Å². The second kappa shape index (κ2) is 6.93. The third kappa shape index (κ3) is 4.15. The molecule has 1 saturated carbocycles. The Bertz CT molecular complexity index is 205. The minimum absolute atomic E-state index is 0.298. The molecule has 0 aromatic carbocycles. The van der Waals surface area contributed by atoms with E-state index in [0.29, 0.717) is 11.8 Å². The van der Waals surface area contributed by atoms with E-state index < -0.39 is 0 Å². The molecule has 2 nitrogen and oxygen atoms in total. The Morgan fingerprint density at radius 2 is 1.88 bits per heavy atom. The zero-order valence-corrected chi connectivity index (χ0v) is 11.1. The van der Waals surface area contributed by atoms with Crippen molar-refractivity contribution in [3.63, 3.8) is 0 Å². The molecule has 16 heavy (non-hydrogen) atoms. The second-order valence-corrected chi connectivity index (χ2v) is 5.50. The molecule has 0 unspecified atom stereocenters. The van der Waals surface area contributed by atoms with Gasteiger partial charge in [0.15, 0.2) is 0 Å². The Morgan fingerprint density at radius 3 is 2.38 bits per heavy atom. The highest BCUT2D eigenvalue weighted by atomic mass is 16.1. The number of amides is 1. The quantitative estimate of drug-likeness (QED) is 0.714. The molecule has 0 bridgehead atoms. The molecule has 0 heterocycles. The van der Waals surface area contributed by atoms with Gasteiger partial charge in [0.25, 0.3) is 0 Å². The summed E-state index contributed by atoms with van der Waals surface area (Å²) < 4.78 is 0. The first kappa shape index (κ1) is 13.5. The van der Waals surface area contributed by atoms with E-state index in [0.717, 1.165) is 44.1 Å². The summed E-state index contributed by atoms with van der Waals surface area (Å²) in [6.45, 7) is 7.61. The summed E-state index contributed by atoms with van der Waals surface area (Å²) in [5.41, 5.74) is 0. The maximum absolute atomic E-state index is 11.8. The number of unbranched alkanes of at least 4 members (excludes halogenated alkanes) is 1. The molecule has 0 atom stereocenters. The van der Waals surface area contributed by atoms with Crippen LogP contribution in [0.4, 0.5) is 0 Å². The normalized spacial score (nSPS) is 25.8. The number of rotatable bonds is 5. The average molecular weight is 225 g/mol. The summed E-state index contributed by atoms with van der Waals surface area (Å²) >= 11 is 0. The van der Waals surface area contributed by atoms with Gasteiger partial charge in [-0.25, -0.2) is 0 Å². The van der Waals surface area contributed by atoms with Crippen LogP contribution in [0.25, 0.3) is 0 Å². The molecule has 0 spiro atoms. The van der Waals surface area contributed by atoms with Gasteiger partial charge >= 0.3 is 0 Å². The fraction of sp³-hybridized carbons (Fsp3) is 0.929. The number of carbonyl (C=O) groups is 1. The van der Waals surface area contributed by atoms with E-state index in [1.54, 1.807) is 0 Å². The van der Waals surface area contributed by atoms with Crippen LogP contribution in [0.15, 0.2) is 0 Å². The second-order valence-electron chi connectivity index (χ2n) is 5.50. The Labute approximate surface area is 100 Å². The standard InChI is InChI=1S/C14H27NO/c1-4-5-10-15-14(16)13-8-6-12(7-9-13)11(2)3/h11-13H,4-10H2,1-3H3,(H,15,16). The fourth-order valence-corrected chi connectivity index (χ4v) is 2.58. The van der Waals surface area contributed by atoms with Crippen molar-refractivity contribution in [3.8, 4) is 0 Å². The molecule has 0 aliphatic heterocycles. The lowest BCUT2D eigenvalue weighted by Gasteiger charge is -2.30. The first-order chi connectivity index (χ1) is 7.65. The molecule has 0 saturated heterocycles. The van der Waals surface area contributed by atoms with Crippen molar-refractivity contribution in [2.45, 2.75) is 59.3 Å². The van der Waals surface area contributed by atoms with Crippen molar-refractivity contribution in [1.29, 1.82) is 0 Å². The van der Waals surface area contributed by atoms with E-state index in [4.69, 9.17) is 0 Å². The van der Waals surface area contributed by atoms with Gasteiger partial charge in [-0.2, -0.15) is 0 Å². The molecule has 1 amide bonds. The molecule has 0 radical (unpaired) electrons. The van der Waals surface area contributed by atoms with Gasteiger partial charge in [0, 0.05) is 12.5 Å². The van der Waals surface area contributed by atoms with Crippen LogP contribution in [-0.2, 0) is 4.79 Å². The topological polar surface area (TPSA) is 29.1 Å². The predicted molar refractivity (Wildman–Crippen MR) is 68.2 cm³/mol. The Balaban J connectivity index is 2.22. The smallest absolute Gasteiger partial charge is 0.223 e. The van der Waals surface area contributed by atoms with Crippen LogP contribution in [0.5, 0.6) is 0 Å². The zero-order valence-electron chi connectivity index (χ0n) is 11.1. The summed E-state index contributed by atoms with van der Waals surface area (Å²) in [6, 6.07) is 0. The van der Waals surface area contributed by atoms with Crippen molar-refractivity contribution in [3.05, 3.63) is 0 Å². The monoisotopic (exact) mass is 225 g/mol. The molecule has 1 aliphatic carbocycles. The number of carbonyl (C=O) groups excluding carboxylic acids is 1. The van der Waals surface area contributed by atoms with E-state index in [-0.39, 0.29) is 0 Å². The predicted octanol–water partition coefficient (Wildman–Crippen LogP) is 3.37. The molecule has 94 valence electrons. The zero-order chi connectivity index (χ0) is 12.0. The lowest BCUT2D eigenvalue weighted by atomic mass is 9.77. The first-order valence-corrected chi connectivity index (χ1v) is 6.92. The van der Waals surface area contributed by atoms with Crippen LogP contribution in [0, 0.1) is 17.8 Å². The molecule has 2 heteroatoms. The van der Waals surface area contributed by atoms with Gasteiger partial charge in [0.1, 0.15) is 0 Å². The summed E-state index contributed by atoms with van der Waals surface area (Å²) in [5.74, 6) is 2.23. The van der Waals surface area contributed by atoms with Crippen LogP contribution in [0.1, 0.15) is 59.3 Å². The third-order valence-corrected chi connectivity index (χ3v) is 3.91. The maximum atomic E-state index is 11.8. The van der Waals surface area contributed by atoms with Crippen molar-refractivity contribution < 1.29 is 4.79 Å². The lowest BCUT2D eigenvalue weighted by molar-refractivity contribution is -0.126. The molecule has 1 aliphatic rings. The van der Waals surface area contributed by atoms with Gasteiger partial charge in [-0.1, -0.05) is 27.2 Å². The Morgan fingerprint density at radius 1 is 1.25 bits per heavy atom. The van der Waals surface area contributed by atoms with Crippen LogP contribution in [-0.4, -0.2) is 12.5 Å². The minimum atomic E-state index is 0.298. The Hall–Kier alpha value is -0.530. The maximum Gasteiger partial charge on any atom is 0.223 e. The van der Waals surface area contributed by atoms with Gasteiger partial charge in [-0.15, -0.1) is 0 Å². The number of hydrogen-bond acceptors (Lipinski definition) is 1. The van der Waals surface area contributed by atoms with Crippen LogP contribution in [0.3, 0.4) is 0 Å². The van der Waals surface area contributed by atoms with Gasteiger partial charge in [0.05, 0.1) is 0 Å². The van der Waals surface area contributed by atoms with E-state index in [1.165, 1.54) is 12.8 Å². The van der Waals surface area contributed by atoms with Gasteiger partial charge < -0.3 is 5.32 Å². The van der Waals surface area contributed by atoms with Crippen molar-refractivity contribution in [2.75, 3.05) is 6.54 Å². The van der Waals surface area contributed by atoms with Crippen LogP contribution < -0.4 is 5.32 Å². The number of nitrogens with one attached hydrogen (secondary N) is 1. The van der Waals surface area contributed by atoms with E-state index in [2.05, 4.69) is 26.1 Å². The van der Waals surface area contributed by atoms with Crippen molar-refractivity contribution >= 4 is 5.91 Å². The van der Waals surface area contributed by atoms with Crippen molar-refractivity contribution in [1.82, 2.24) is 5.32 Å². The van der Waals surface area contributed by atoms with E-state index in [9.17, 15) is 4.79 Å². The molecule has 0 aromatic rings. The molecule has 1 fully saturated rings. The third-order valence-electron chi connectivity index (χ3n) is 3.91. The summed E-state index contributed by atoms with van der Waals surface area (Å²) in [6.07, 6.45) is 6.93. The molecule has 1 rings (SSSR count).